The summed E-state index contributed by atoms with van der Waals surface area (Å²) in [5.41, 5.74) is -2.31. The van der Waals surface area contributed by atoms with E-state index in [1.165, 1.54) is 108 Å². The second-order valence-corrected chi connectivity index (χ2v) is 17.6. The maximum atomic E-state index is 13.6. The van der Waals surface area contributed by atoms with Crippen LogP contribution in [-0.4, -0.2) is 77.7 Å². The lowest BCUT2D eigenvalue weighted by Crippen LogP contribution is -2.31. The Kier molecular flexibility index (Phi) is 19.9. The molecule has 0 saturated heterocycles. The van der Waals surface area contributed by atoms with Crippen LogP contribution in [0.25, 0.3) is 0 Å². The van der Waals surface area contributed by atoms with Gasteiger partial charge in [-0.05, 0) is 96.7 Å². The van der Waals surface area contributed by atoms with Crippen LogP contribution in [0.15, 0.2) is 145 Å². The van der Waals surface area contributed by atoms with Crippen LogP contribution in [0.4, 0.5) is 0 Å². The predicted octanol–water partition coefficient (Wildman–Crippen LogP) is 8.04. The molecule has 3 aromatic rings. The van der Waals surface area contributed by atoms with Gasteiger partial charge in [0, 0.05) is 22.8 Å². The summed E-state index contributed by atoms with van der Waals surface area (Å²) < 4.78 is 11.8. The monoisotopic (exact) mass is 894 g/mol. The molecule has 0 radical (unpaired) electrons. The highest BCUT2D eigenvalue weighted by Gasteiger charge is 2.29. The Hall–Kier alpha value is -6.09. The standard InChI is InChI=1S/C48H50O11.C3H8OS/c1-9-14-32(15-11-12-30-49)40(33-18-24-36(25-19-33)42(51)46(3,4)55)58-39(50)17-13-16-31(10-2)45(54)59-41(34-20-26-37(27-21-34)43(52)47(5,6)56)35-22-28-38(29-23-35)44(53)48(7,8)57;1-3(2,4)5/h9-30,40-41,55-57H,2H2,1,3-8H3;4-5H,1-2H3/b12-11+,14-9-,17-13+,31-16+,32-15+;. The number of Topliss-reactive ketones (excluding diaryl/α,β-unsaturated/α-hetero) is 3. The molecule has 0 heterocycles. The van der Waals surface area contributed by atoms with Crippen LogP contribution < -0.4 is 0 Å². The maximum Gasteiger partial charge on any atom is 0.339 e. The topological polar surface area (TPSA) is 202 Å². The van der Waals surface area contributed by atoms with Gasteiger partial charge < -0.3 is 29.9 Å². The summed E-state index contributed by atoms with van der Waals surface area (Å²) in [7, 11) is 0. The van der Waals surface area contributed by atoms with Gasteiger partial charge >= 0.3 is 11.9 Å². The lowest BCUT2D eigenvalue weighted by atomic mass is 9.92. The average Bonchev–Trinajstić information content (AvgIpc) is 3.21. The fourth-order valence-electron chi connectivity index (χ4n) is 5.56. The number of hydrogen-bond acceptors (Lipinski definition) is 13. The molecule has 0 fully saturated rings. The van der Waals surface area contributed by atoms with E-state index in [4.69, 9.17) is 14.6 Å². The van der Waals surface area contributed by atoms with E-state index in [9.17, 15) is 44.1 Å². The molecule has 13 heteroatoms. The van der Waals surface area contributed by atoms with Crippen molar-refractivity contribution in [3.63, 3.8) is 0 Å². The smallest absolute Gasteiger partial charge is 0.339 e. The molecule has 3 rings (SSSR count). The molecule has 1 unspecified atom stereocenters. The Balaban J connectivity index is 0.00000266. The van der Waals surface area contributed by atoms with Crippen LogP contribution in [0.1, 0.15) is 122 Å². The predicted molar refractivity (Wildman–Crippen MR) is 249 cm³/mol. The van der Waals surface area contributed by atoms with Crippen molar-refractivity contribution in [2.24, 2.45) is 0 Å². The molecule has 12 nitrogen and oxygen atoms in total. The second kappa shape index (κ2) is 23.6. The largest absolute Gasteiger partial charge is 0.449 e. The highest BCUT2D eigenvalue weighted by atomic mass is 32.1. The van der Waals surface area contributed by atoms with Crippen LogP contribution in [0.2, 0.25) is 0 Å². The van der Waals surface area contributed by atoms with Gasteiger partial charge in [-0.25, -0.2) is 9.59 Å². The maximum absolute atomic E-state index is 13.6. The van der Waals surface area contributed by atoms with Crippen LogP contribution in [0, 0.1) is 0 Å². The van der Waals surface area contributed by atoms with Crippen LogP contribution >= 0.6 is 12.6 Å². The summed E-state index contributed by atoms with van der Waals surface area (Å²) in [6.45, 7) is 16.9. The minimum atomic E-state index is -1.62. The van der Waals surface area contributed by atoms with E-state index in [0.29, 0.717) is 28.5 Å². The van der Waals surface area contributed by atoms with Gasteiger partial charge in [0.2, 0.25) is 0 Å². The van der Waals surface area contributed by atoms with Gasteiger partial charge in [0.15, 0.2) is 29.6 Å². The minimum absolute atomic E-state index is 0.0428. The number of benzene rings is 3. The first-order valence-electron chi connectivity index (χ1n) is 20.1. The molecule has 0 bridgehead atoms. The van der Waals surface area contributed by atoms with Crippen molar-refractivity contribution in [1.82, 2.24) is 0 Å². The van der Waals surface area contributed by atoms with Crippen molar-refractivity contribution in [2.45, 2.75) is 96.3 Å². The average molecular weight is 895 g/mol. The van der Waals surface area contributed by atoms with Gasteiger partial charge in [-0.1, -0.05) is 116 Å². The molecule has 4 N–H and O–H groups in total. The molecule has 340 valence electrons. The number of allylic oxidation sites excluding steroid dienone is 6. The number of aliphatic hydroxyl groups is 4. The van der Waals surface area contributed by atoms with Gasteiger partial charge in [-0.2, -0.15) is 0 Å². The fourth-order valence-corrected chi connectivity index (χ4v) is 5.56. The van der Waals surface area contributed by atoms with E-state index < -0.39 is 63.2 Å². The van der Waals surface area contributed by atoms with Crippen molar-refractivity contribution in [2.75, 3.05) is 0 Å². The minimum Gasteiger partial charge on any atom is -0.449 e. The first kappa shape index (κ1) is 54.0. The number of ketones is 3. The van der Waals surface area contributed by atoms with Gasteiger partial charge in [-0.3, -0.25) is 19.2 Å². The van der Waals surface area contributed by atoms with Crippen molar-refractivity contribution in [1.29, 1.82) is 0 Å². The van der Waals surface area contributed by atoms with Crippen molar-refractivity contribution in [3.05, 3.63) is 179 Å². The van der Waals surface area contributed by atoms with Gasteiger partial charge in [0.25, 0.3) is 0 Å². The molecule has 0 saturated carbocycles. The number of carbonyl (C=O) groups excluding carboxylic acids is 6. The lowest BCUT2D eigenvalue weighted by Gasteiger charge is -2.21. The SMILES string of the molecule is C=C/C(=C\C=C\C(=O)OC(C(/C=C\C)=C/C=C/C=O)c1ccc(C(=O)C(C)(C)O)cc1)C(=O)OC(c1ccc(C(=O)C(C)(C)O)cc1)c1ccc(C(=O)C(C)(C)O)cc1.CC(C)(O)S. The summed E-state index contributed by atoms with van der Waals surface area (Å²) >= 11 is 3.68. The third kappa shape index (κ3) is 17.6. The number of carbonyl (C=O) groups is 6. The fraction of sp³-hybridized carbons (Fsp3) is 0.294. The molecule has 0 aliphatic rings. The Bertz CT molecular complexity index is 2210. The van der Waals surface area contributed by atoms with E-state index in [1.807, 2.05) is 0 Å². The Labute approximate surface area is 380 Å². The Morgan fingerprint density at radius 1 is 0.594 bits per heavy atom. The number of rotatable bonds is 19. The number of hydrogen-bond donors (Lipinski definition) is 5. The number of esters is 2. The first-order valence-corrected chi connectivity index (χ1v) is 20.5. The number of ether oxygens (including phenoxy) is 2. The summed E-state index contributed by atoms with van der Waals surface area (Å²) in [5.74, 6) is -3.17. The van der Waals surface area contributed by atoms with Crippen molar-refractivity contribution in [3.8, 4) is 0 Å². The Morgan fingerprint density at radius 2 is 0.984 bits per heavy atom. The van der Waals surface area contributed by atoms with E-state index in [-0.39, 0.29) is 22.3 Å². The van der Waals surface area contributed by atoms with E-state index in [2.05, 4.69) is 19.2 Å². The zero-order valence-electron chi connectivity index (χ0n) is 37.6. The molecular weight excluding hydrogens is 837 g/mol. The van der Waals surface area contributed by atoms with Crippen LogP contribution in [0.5, 0.6) is 0 Å². The van der Waals surface area contributed by atoms with Gasteiger partial charge in [0.05, 0.1) is 5.57 Å². The highest BCUT2D eigenvalue weighted by Crippen LogP contribution is 2.31. The molecule has 0 spiro atoms. The van der Waals surface area contributed by atoms with Crippen molar-refractivity contribution >= 4 is 48.2 Å². The van der Waals surface area contributed by atoms with Gasteiger partial charge in [-0.15, -0.1) is 12.6 Å². The third-order valence-electron chi connectivity index (χ3n) is 8.66. The van der Waals surface area contributed by atoms with E-state index in [0.717, 1.165) is 6.08 Å². The third-order valence-corrected chi connectivity index (χ3v) is 8.66. The van der Waals surface area contributed by atoms with E-state index >= 15 is 0 Å². The van der Waals surface area contributed by atoms with Gasteiger partial charge in [0.1, 0.15) is 28.0 Å². The van der Waals surface area contributed by atoms with Crippen LogP contribution in [-0.2, 0) is 23.9 Å². The molecular formula is C51H58O12S. The number of aldehydes is 1. The molecule has 0 amide bonds. The highest BCUT2D eigenvalue weighted by molar-refractivity contribution is 7.81. The van der Waals surface area contributed by atoms with Crippen LogP contribution in [0.3, 0.4) is 0 Å². The number of thiol groups is 1. The second-order valence-electron chi connectivity index (χ2n) is 16.5. The lowest BCUT2D eigenvalue weighted by molar-refractivity contribution is -0.143. The quantitative estimate of drug-likeness (QED) is 0.0148. The summed E-state index contributed by atoms with van der Waals surface area (Å²) in [4.78, 5) is 75.0. The molecule has 0 aliphatic heterocycles. The zero-order chi connectivity index (χ0) is 48.6. The molecule has 3 aromatic carbocycles. The molecule has 0 aromatic heterocycles. The van der Waals surface area contributed by atoms with Crippen molar-refractivity contribution < 1.29 is 58.7 Å². The molecule has 64 heavy (non-hydrogen) atoms. The summed E-state index contributed by atoms with van der Waals surface area (Å²) in [6, 6.07) is 18.4. The summed E-state index contributed by atoms with van der Waals surface area (Å²) in [5, 5.41) is 39.0. The zero-order valence-corrected chi connectivity index (χ0v) is 38.5. The molecule has 0 aliphatic carbocycles. The Morgan fingerprint density at radius 3 is 1.33 bits per heavy atom. The van der Waals surface area contributed by atoms with E-state index in [1.54, 1.807) is 75.4 Å². The summed E-state index contributed by atoms with van der Waals surface area (Å²) in [6.07, 6.45) is 11.2. The molecule has 1 atom stereocenters. The normalized spacial score (nSPS) is 13.4. The first-order chi connectivity index (χ1) is 29.6.